The minimum absolute atomic E-state index is 0.0312. The second kappa shape index (κ2) is 9.20. The molecule has 1 saturated carbocycles. The summed E-state index contributed by atoms with van der Waals surface area (Å²) in [6.07, 6.45) is 13.1. The summed E-state index contributed by atoms with van der Waals surface area (Å²) in [5.41, 5.74) is 10.8. The van der Waals surface area contributed by atoms with Gasteiger partial charge in [0.05, 0.1) is 12.2 Å². The lowest BCUT2D eigenvalue weighted by Gasteiger charge is -2.30. The van der Waals surface area contributed by atoms with Gasteiger partial charge in [-0.2, -0.15) is 0 Å². The monoisotopic (exact) mass is 452 g/mol. The zero-order valence-corrected chi connectivity index (χ0v) is 19.0. The molecule has 2 amide bonds. The predicted molar refractivity (Wildman–Crippen MR) is 136 cm³/mol. The summed E-state index contributed by atoms with van der Waals surface area (Å²) >= 11 is 0. The van der Waals surface area contributed by atoms with Gasteiger partial charge in [-0.3, -0.25) is 9.59 Å². The van der Waals surface area contributed by atoms with Gasteiger partial charge < -0.3 is 20.9 Å². The van der Waals surface area contributed by atoms with Crippen molar-refractivity contribution in [2.75, 3.05) is 18.0 Å². The maximum atomic E-state index is 13.7. The maximum absolute atomic E-state index is 13.7. The van der Waals surface area contributed by atoms with Crippen LogP contribution in [0.5, 0.6) is 0 Å². The molecule has 1 aliphatic carbocycles. The molecule has 6 heteroatoms. The van der Waals surface area contributed by atoms with Crippen LogP contribution in [-0.2, 0) is 4.79 Å². The van der Waals surface area contributed by atoms with E-state index in [9.17, 15) is 9.59 Å². The first-order valence-corrected chi connectivity index (χ1v) is 11.8. The molecular formula is C28H28N4O2. The number of H-pyrrole nitrogens is 1. The van der Waals surface area contributed by atoms with Crippen molar-refractivity contribution in [2.45, 2.75) is 31.7 Å². The Morgan fingerprint density at radius 2 is 2.00 bits per heavy atom. The first-order valence-electron chi connectivity index (χ1n) is 11.8. The molecule has 1 fully saturated rings. The molecule has 0 radical (unpaired) electrons. The molecule has 0 atom stereocenters. The van der Waals surface area contributed by atoms with E-state index in [0.717, 1.165) is 53.4 Å². The summed E-state index contributed by atoms with van der Waals surface area (Å²) in [5.74, 6) is 2.54. The van der Waals surface area contributed by atoms with E-state index in [1.807, 2.05) is 53.6 Å². The molecule has 172 valence electrons. The number of anilines is 1. The summed E-state index contributed by atoms with van der Waals surface area (Å²) in [5, 5.41) is 3.77. The number of aromatic amines is 1. The number of rotatable bonds is 5. The number of amides is 2. The number of hydrogen-bond acceptors (Lipinski definition) is 3. The van der Waals surface area contributed by atoms with Crippen LogP contribution in [0.1, 0.15) is 47.2 Å². The Bertz CT molecular complexity index is 1320. The average Bonchev–Trinajstić information content (AvgIpc) is 3.38. The minimum Gasteiger partial charge on any atom is -0.361 e. The summed E-state index contributed by atoms with van der Waals surface area (Å²) in [4.78, 5) is 31.4. The largest absolute Gasteiger partial charge is 0.361 e. The molecule has 4 N–H and O–H groups in total. The van der Waals surface area contributed by atoms with Gasteiger partial charge in [0.25, 0.3) is 11.8 Å². The molecule has 0 saturated heterocycles. The Morgan fingerprint density at radius 1 is 1.21 bits per heavy atom. The minimum atomic E-state index is -0.245. The summed E-state index contributed by atoms with van der Waals surface area (Å²) in [6.45, 7) is 0.784. The highest BCUT2D eigenvalue weighted by atomic mass is 16.2. The smallest absolute Gasteiger partial charge is 0.259 e. The summed E-state index contributed by atoms with van der Waals surface area (Å²) in [7, 11) is 0. The number of fused-ring (bicyclic) bond motifs is 2. The Labute approximate surface area is 199 Å². The Morgan fingerprint density at radius 3 is 2.79 bits per heavy atom. The van der Waals surface area contributed by atoms with Crippen molar-refractivity contribution in [3.63, 3.8) is 0 Å². The van der Waals surface area contributed by atoms with E-state index in [0.29, 0.717) is 23.6 Å². The zero-order chi connectivity index (χ0) is 23.7. The highest BCUT2D eigenvalue weighted by Gasteiger charge is 2.35. The molecule has 2 aliphatic rings. The molecule has 34 heavy (non-hydrogen) atoms. The first kappa shape index (κ1) is 22.0. The third-order valence-electron chi connectivity index (χ3n) is 6.92. The van der Waals surface area contributed by atoms with Crippen molar-refractivity contribution in [3.8, 4) is 12.3 Å². The third kappa shape index (κ3) is 4.11. The Balaban J connectivity index is 1.53. The van der Waals surface area contributed by atoms with Crippen molar-refractivity contribution in [2.24, 2.45) is 11.7 Å². The number of benzene rings is 2. The van der Waals surface area contributed by atoms with E-state index in [4.69, 9.17) is 12.2 Å². The second-order valence-electron chi connectivity index (χ2n) is 9.16. The van der Waals surface area contributed by atoms with Crippen molar-refractivity contribution < 1.29 is 9.59 Å². The van der Waals surface area contributed by atoms with Gasteiger partial charge in [0, 0.05) is 51.9 Å². The van der Waals surface area contributed by atoms with Crippen LogP contribution in [0.15, 0.2) is 48.7 Å². The van der Waals surface area contributed by atoms with Crippen LogP contribution in [0.3, 0.4) is 0 Å². The van der Waals surface area contributed by atoms with Gasteiger partial charge in [-0.15, -0.1) is 6.42 Å². The highest BCUT2D eigenvalue weighted by Crippen LogP contribution is 2.40. The summed E-state index contributed by atoms with van der Waals surface area (Å²) in [6, 6.07) is 13.7. The molecule has 2 heterocycles. The fourth-order valence-electron chi connectivity index (χ4n) is 5.05. The van der Waals surface area contributed by atoms with Gasteiger partial charge in [0.15, 0.2) is 0 Å². The average molecular weight is 453 g/mol. The van der Waals surface area contributed by atoms with Crippen LogP contribution in [0.25, 0.3) is 22.6 Å². The first-order chi connectivity index (χ1) is 16.5. The van der Waals surface area contributed by atoms with Crippen LogP contribution < -0.4 is 16.0 Å². The lowest BCUT2D eigenvalue weighted by Crippen LogP contribution is -2.36. The van der Waals surface area contributed by atoms with E-state index >= 15 is 0 Å². The van der Waals surface area contributed by atoms with E-state index in [-0.39, 0.29) is 24.4 Å². The number of aromatic nitrogens is 1. The molecule has 6 nitrogen and oxygen atoms in total. The number of nitrogens with two attached hydrogens (primary N) is 1. The molecule has 5 rings (SSSR count). The van der Waals surface area contributed by atoms with E-state index in [2.05, 4.69) is 16.2 Å². The van der Waals surface area contributed by atoms with Crippen LogP contribution in [-0.4, -0.2) is 35.9 Å². The number of terminal acetylenes is 1. The van der Waals surface area contributed by atoms with Gasteiger partial charge in [0.2, 0.25) is 0 Å². The van der Waals surface area contributed by atoms with Gasteiger partial charge in [-0.25, -0.2) is 0 Å². The Kier molecular flexibility index (Phi) is 5.95. The fourth-order valence-corrected chi connectivity index (χ4v) is 5.05. The van der Waals surface area contributed by atoms with Gasteiger partial charge in [0.1, 0.15) is 0 Å². The van der Waals surface area contributed by atoms with Crippen molar-refractivity contribution >= 4 is 40.1 Å². The topological polar surface area (TPSA) is 91.2 Å². The lowest BCUT2D eigenvalue weighted by atomic mass is 9.86. The van der Waals surface area contributed by atoms with Crippen LogP contribution >= 0.6 is 0 Å². The lowest BCUT2D eigenvalue weighted by molar-refractivity contribution is -0.113. The number of carbonyl (C=O) groups excluding carboxylic acids is 2. The zero-order valence-electron chi connectivity index (χ0n) is 19.0. The molecule has 1 aromatic heterocycles. The molecule has 0 spiro atoms. The Hall–Kier alpha value is -3.82. The van der Waals surface area contributed by atoms with E-state index in [1.54, 1.807) is 6.07 Å². The van der Waals surface area contributed by atoms with Gasteiger partial charge >= 0.3 is 0 Å². The number of para-hydroxylation sites is 1. The third-order valence-corrected chi connectivity index (χ3v) is 6.92. The standard InChI is InChI=1S/C28H28N4O2/c1-2-13-30-27(33)19-9-12-23-24(14-20-16-31-25-6-4-3-5-22(20)25)28(34)32(26(23)15-19)17-18-7-10-21(29)11-8-18/h1,3-6,9,12,14-16,18,21,31H,7-8,10-11,13,17,29H2,(H,30,33)/b24-14-. The number of nitrogens with one attached hydrogen (secondary N) is 2. The number of carbonyl (C=O) groups is 2. The molecule has 2 aromatic carbocycles. The number of nitrogens with zero attached hydrogens (tertiary/aromatic N) is 1. The molecule has 1 aliphatic heterocycles. The van der Waals surface area contributed by atoms with E-state index in [1.165, 1.54) is 0 Å². The van der Waals surface area contributed by atoms with Gasteiger partial charge in [-0.1, -0.05) is 30.2 Å². The summed E-state index contributed by atoms with van der Waals surface area (Å²) < 4.78 is 0. The normalized spacial score (nSPS) is 21.0. The van der Waals surface area contributed by atoms with Crippen LogP contribution in [0.4, 0.5) is 5.69 Å². The number of hydrogen-bond donors (Lipinski definition) is 3. The van der Waals surface area contributed by atoms with Crippen molar-refractivity contribution in [1.82, 2.24) is 10.3 Å². The fraction of sp³-hybridized carbons (Fsp3) is 0.286. The highest BCUT2D eigenvalue weighted by molar-refractivity contribution is 6.36. The van der Waals surface area contributed by atoms with Crippen LogP contribution in [0.2, 0.25) is 0 Å². The molecule has 0 unspecified atom stereocenters. The van der Waals surface area contributed by atoms with Crippen molar-refractivity contribution in [1.29, 1.82) is 0 Å². The predicted octanol–water partition coefficient (Wildman–Crippen LogP) is 3.94. The maximum Gasteiger partial charge on any atom is 0.259 e. The van der Waals surface area contributed by atoms with Crippen molar-refractivity contribution in [3.05, 3.63) is 65.4 Å². The molecular weight excluding hydrogens is 424 g/mol. The quantitative estimate of drug-likeness (QED) is 0.405. The molecule has 0 bridgehead atoms. The van der Waals surface area contributed by atoms with Gasteiger partial charge in [-0.05, 0) is 55.9 Å². The van der Waals surface area contributed by atoms with Crippen LogP contribution in [0, 0.1) is 18.3 Å². The van der Waals surface area contributed by atoms with E-state index < -0.39 is 0 Å². The second-order valence-corrected chi connectivity index (χ2v) is 9.16. The molecule has 3 aromatic rings. The SMILES string of the molecule is C#CCNC(=O)c1ccc2c(c1)N(CC1CCC(N)CC1)C(=O)/C2=C\c1c[nH]c2ccccc12.